The fourth-order valence-corrected chi connectivity index (χ4v) is 2.57. The number of hydrogen-bond acceptors (Lipinski definition) is 5. The number of nitrogens with zero attached hydrogens (tertiary/aromatic N) is 2. The molecule has 1 aliphatic heterocycles. The van der Waals surface area contributed by atoms with E-state index < -0.39 is 0 Å². The minimum atomic E-state index is -0.0795. The van der Waals surface area contributed by atoms with Crippen LogP contribution in [0.5, 0.6) is 0 Å². The number of thiazole rings is 1. The summed E-state index contributed by atoms with van der Waals surface area (Å²) in [7, 11) is 0. The second-order valence-electron chi connectivity index (χ2n) is 4.11. The molecule has 0 aromatic carbocycles. The molecule has 1 aromatic rings. The second kappa shape index (κ2) is 4.90. The summed E-state index contributed by atoms with van der Waals surface area (Å²) < 4.78 is 0. The van der Waals surface area contributed by atoms with E-state index in [1.54, 1.807) is 0 Å². The van der Waals surface area contributed by atoms with Crippen LogP contribution in [0.1, 0.15) is 19.0 Å². The Morgan fingerprint density at radius 3 is 3.25 bits per heavy atom. The normalized spacial score (nSPS) is 21.2. The van der Waals surface area contributed by atoms with Crippen LogP contribution < -0.4 is 11.1 Å². The predicted octanol–water partition coefficient (Wildman–Crippen LogP) is 0.634. The summed E-state index contributed by atoms with van der Waals surface area (Å²) in [5.41, 5.74) is 6.84. The third-order valence-corrected chi connectivity index (χ3v) is 3.34. The van der Waals surface area contributed by atoms with Gasteiger partial charge in [0, 0.05) is 38.0 Å². The van der Waals surface area contributed by atoms with E-state index in [0.29, 0.717) is 11.2 Å². The first-order valence-corrected chi connectivity index (χ1v) is 6.21. The van der Waals surface area contributed by atoms with Gasteiger partial charge in [0.15, 0.2) is 5.13 Å². The molecule has 0 unspecified atom stereocenters. The van der Waals surface area contributed by atoms with Gasteiger partial charge >= 0.3 is 0 Å². The van der Waals surface area contributed by atoms with E-state index in [2.05, 4.69) is 15.2 Å². The molecule has 1 atom stereocenters. The highest BCUT2D eigenvalue weighted by atomic mass is 32.1. The summed E-state index contributed by atoms with van der Waals surface area (Å²) in [5.74, 6) is -0.0795. The van der Waals surface area contributed by atoms with Gasteiger partial charge in [0.2, 0.25) is 5.91 Å². The first kappa shape index (κ1) is 11.5. The van der Waals surface area contributed by atoms with Gasteiger partial charge in [-0.05, 0) is 6.42 Å². The number of carbonyl (C=O) groups is 1. The van der Waals surface area contributed by atoms with Crippen molar-refractivity contribution < 1.29 is 4.79 Å². The van der Waals surface area contributed by atoms with Crippen molar-refractivity contribution in [2.45, 2.75) is 25.9 Å². The van der Waals surface area contributed by atoms with E-state index in [-0.39, 0.29) is 5.91 Å². The third kappa shape index (κ3) is 3.01. The van der Waals surface area contributed by atoms with E-state index >= 15 is 0 Å². The average molecular weight is 240 g/mol. The van der Waals surface area contributed by atoms with Gasteiger partial charge in [-0.1, -0.05) is 0 Å². The molecule has 0 radical (unpaired) electrons. The molecular weight excluding hydrogens is 224 g/mol. The maximum absolute atomic E-state index is 10.8. The Labute approximate surface area is 98.7 Å². The van der Waals surface area contributed by atoms with Gasteiger partial charge in [0.05, 0.1) is 5.69 Å². The van der Waals surface area contributed by atoms with Crippen molar-refractivity contribution in [3.05, 3.63) is 11.1 Å². The van der Waals surface area contributed by atoms with Crippen LogP contribution in [0.15, 0.2) is 5.38 Å². The van der Waals surface area contributed by atoms with Crippen molar-refractivity contribution in [1.82, 2.24) is 9.88 Å². The summed E-state index contributed by atoms with van der Waals surface area (Å²) in [5, 5.41) is 5.34. The molecule has 1 aromatic heterocycles. The minimum Gasteiger partial charge on any atom is -0.326 e. The standard InChI is InChI=1S/C10H16N4OS/c1-7(15)12-10-13-9(6-16-10)5-14-3-2-8(11)4-14/h6,8H,2-5,11H2,1H3,(H,12,13,15)/t8-/m0/s1. The van der Waals surface area contributed by atoms with Crippen LogP contribution in [0.2, 0.25) is 0 Å². The van der Waals surface area contributed by atoms with Crippen LogP contribution >= 0.6 is 11.3 Å². The number of nitrogens with one attached hydrogen (secondary N) is 1. The first-order chi connectivity index (χ1) is 7.63. The van der Waals surface area contributed by atoms with Crippen LogP contribution in [0.4, 0.5) is 5.13 Å². The van der Waals surface area contributed by atoms with Crippen LogP contribution in [0.3, 0.4) is 0 Å². The summed E-state index contributed by atoms with van der Waals surface area (Å²) in [4.78, 5) is 17.5. The van der Waals surface area contributed by atoms with Crippen molar-refractivity contribution in [3.8, 4) is 0 Å². The Kier molecular flexibility index (Phi) is 3.52. The van der Waals surface area contributed by atoms with Crippen LogP contribution in [-0.4, -0.2) is 34.9 Å². The number of hydrogen-bond donors (Lipinski definition) is 2. The molecule has 2 heterocycles. The van der Waals surface area contributed by atoms with Crippen LogP contribution in [0.25, 0.3) is 0 Å². The molecular formula is C10H16N4OS. The highest BCUT2D eigenvalue weighted by molar-refractivity contribution is 7.13. The minimum absolute atomic E-state index is 0.0795. The molecule has 16 heavy (non-hydrogen) atoms. The molecule has 0 aliphatic carbocycles. The zero-order valence-corrected chi connectivity index (χ0v) is 10.1. The van der Waals surface area contributed by atoms with Gasteiger partial charge in [-0.2, -0.15) is 0 Å². The second-order valence-corrected chi connectivity index (χ2v) is 4.97. The van der Waals surface area contributed by atoms with E-state index in [1.165, 1.54) is 18.3 Å². The number of aromatic nitrogens is 1. The van der Waals surface area contributed by atoms with Crippen molar-refractivity contribution >= 4 is 22.4 Å². The summed E-state index contributed by atoms with van der Waals surface area (Å²) in [6.07, 6.45) is 1.06. The van der Waals surface area contributed by atoms with Crippen LogP contribution in [0, 0.1) is 0 Å². The smallest absolute Gasteiger partial charge is 0.223 e. The molecule has 1 saturated heterocycles. The Morgan fingerprint density at radius 1 is 1.81 bits per heavy atom. The van der Waals surface area contributed by atoms with Crippen molar-refractivity contribution in [3.63, 3.8) is 0 Å². The highest BCUT2D eigenvalue weighted by Crippen LogP contribution is 2.18. The predicted molar refractivity (Wildman–Crippen MR) is 64.3 cm³/mol. The summed E-state index contributed by atoms with van der Waals surface area (Å²) in [6, 6.07) is 0.299. The quantitative estimate of drug-likeness (QED) is 0.813. The van der Waals surface area contributed by atoms with E-state index in [9.17, 15) is 4.79 Å². The van der Waals surface area contributed by atoms with Gasteiger partial charge in [0.1, 0.15) is 0 Å². The fourth-order valence-electron chi connectivity index (χ4n) is 1.82. The lowest BCUT2D eigenvalue weighted by molar-refractivity contribution is -0.114. The van der Waals surface area contributed by atoms with E-state index in [1.807, 2.05) is 5.38 Å². The molecule has 1 aliphatic rings. The number of anilines is 1. The molecule has 0 bridgehead atoms. The lowest BCUT2D eigenvalue weighted by Gasteiger charge is -2.12. The fraction of sp³-hybridized carbons (Fsp3) is 0.600. The molecule has 2 rings (SSSR count). The van der Waals surface area contributed by atoms with E-state index in [4.69, 9.17) is 5.73 Å². The molecule has 1 amide bonds. The number of carbonyl (C=O) groups excluding carboxylic acids is 1. The van der Waals surface area contributed by atoms with Gasteiger partial charge < -0.3 is 11.1 Å². The van der Waals surface area contributed by atoms with Gasteiger partial charge in [-0.3, -0.25) is 9.69 Å². The Hall–Kier alpha value is -0.980. The third-order valence-electron chi connectivity index (χ3n) is 2.53. The molecule has 1 fully saturated rings. The van der Waals surface area contributed by atoms with Crippen molar-refractivity contribution in [2.75, 3.05) is 18.4 Å². The monoisotopic (exact) mass is 240 g/mol. The highest BCUT2D eigenvalue weighted by Gasteiger charge is 2.19. The Bertz CT molecular complexity index is 379. The number of rotatable bonds is 3. The number of amides is 1. The largest absolute Gasteiger partial charge is 0.326 e. The Balaban J connectivity index is 1.90. The number of likely N-dealkylation sites (tertiary alicyclic amines) is 1. The maximum atomic E-state index is 10.8. The SMILES string of the molecule is CC(=O)Nc1nc(CN2CC[C@H](N)C2)cs1. The first-order valence-electron chi connectivity index (χ1n) is 5.33. The summed E-state index contributed by atoms with van der Waals surface area (Å²) in [6.45, 7) is 4.28. The Morgan fingerprint density at radius 2 is 2.62 bits per heavy atom. The molecule has 0 saturated carbocycles. The van der Waals surface area contributed by atoms with Gasteiger partial charge in [0.25, 0.3) is 0 Å². The molecule has 0 spiro atoms. The van der Waals surface area contributed by atoms with Crippen LogP contribution in [-0.2, 0) is 11.3 Å². The molecule has 6 heteroatoms. The topological polar surface area (TPSA) is 71.2 Å². The maximum Gasteiger partial charge on any atom is 0.223 e. The molecule has 88 valence electrons. The number of nitrogens with two attached hydrogens (primary N) is 1. The molecule has 5 nitrogen and oxygen atoms in total. The van der Waals surface area contributed by atoms with Gasteiger partial charge in [-0.15, -0.1) is 11.3 Å². The zero-order chi connectivity index (χ0) is 11.5. The van der Waals surface area contributed by atoms with Crippen molar-refractivity contribution in [1.29, 1.82) is 0 Å². The van der Waals surface area contributed by atoms with Gasteiger partial charge in [-0.25, -0.2) is 4.98 Å². The summed E-state index contributed by atoms with van der Waals surface area (Å²) >= 11 is 1.46. The molecule has 3 N–H and O–H groups in total. The van der Waals surface area contributed by atoms with E-state index in [0.717, 1.165) is 31.7 Å². The zero-order valence-electron chi connectivity index (χ0n) is 9.27. The lowest BCUT2D eigenvalue weighted by atomic mass is 10.3. The lowest BCUT2D eigenvalue weighted by Crippen LogP contribution is -2.26. The average Bonchev–Trinajstić information content (AvgIpc) is 2.76. The van der Waals surface area contributed by atoms with Crippen molar-refractivity contribution in [2.24, 2.45) is 5.73 Å².